The van der Waals surface area contributed by atoms with Gasteiger partial charge in [-0.15, -0.1) is 11.3 Å². The fraction of sp³-hybridized carbons (Fsp3) is 0.762. The molecule has 6 heteroatoms. The highest BCUT2D eigenvalue weighted by Crippen LogP contribution is 2.16. The Morgan fingerprint density at radius 2 is 1.67 bits per heavy atom. The molecule has 0 fully saturated rings. The molecule has 0 saturated carbocycles. The number of nitrogens with zero attached hydrogens (tertiary/aromatic N) is 2. The van der Waals surface area contributed by atoms with Gasteiger partial charge in [-0.3, -0.25) is 4.79 Å². The van der Waals surface area contributed by atoms with Gasteiger partial charge in [-0.1, -0.05) is 58.8 Å². The van der Waals surface area contributed by atoms with Crippen LogP contribution in [0.3, 0.4) is 0 Å². The Morgan fingerprint density at radius 3 is 2.37 bits per heavy atom. The molecule has 0 bridgehead atoms. The van der Waals surface area contributed by atoms with Crippen molar-refractivity contribution in [1.82, 2.24) is 9.88 Å². The third-order valence-electron chi connectivity index (χ3n) is 4.49. The maximum atomic E-state index is 12.7. The topological polar surface area (TPSA) is 59.5 Å². The van der Waals surface area contributed by atoms with Crippen LogP contribution >= 0.6 is 11.3 Å². The van der Waals surface area contributed by atoms with E-state index < -0.39 is 5.97 Å². The molecule has 0 radical (unpaired) electrons. The highest BCUT2D eigenvalue weighted by atomic mass is 32.1. The Hall–Kier alpha value is -1.43. The van der Waals surface area contributed by atoms with E-state index in [4.69, 9.17) is 4.74 Å². The Labute approximate surface area is 168 Å². The van der Waals surface area contributed by atoms with E-state index in [0.29, 0.717) is 25.3 Å². The third-order valence-corrected chi connectivity index (χ3v) is 5.32. The number of unbranched alkanes of at least 4 members (excludes halogenated alkanes) is 7. The normalized spacial score (nSPS) is 10.8. The van der Waals surface area contributed by atoms with Gasteiger partial charge in [0.05, 0.1) is 13.2 Å². The molecule has 0 atom stereocenters. The highest BCUT2D eigenvalue weighted by Gasteiger charge is 2.17. The molecule has 1 aromatic rings. The summed E-state index contributed by atoms with van der Waals surface area (Å²) in [6.45, 7) is 7.74. The Morgan fingerprint density at radius 1 is 1.00 bits per heavy atom. The molecule has 0 unspecified atom stereocenters. The quantitative estimate of drug-likeness (QED) is 0.286. The van der Waals surface area contributed by atoms with Crippen LogP contribution in [0.15, 0.2) is 5.38 Å². The highest BCUT2D eigenvalue weighted by molar-refractivity contribution is 7.09. The smallest absolute Gasteiger partial charge is 0.357 e. The van der Waals surface area contributed by atoms with E-state index in [1.54, 1.807) is 12.3 Å². The summed E-state index contributed by atoms with van der Waals surface area (Å²) in [5.74, 6) is -0.189. The molecule has 27 heavy (non-hydrogen) atoms. The van der Waals surface area contributed by atoms with Crippen molar-refractivity contribution in [2.45, 2.75) is 91.5 Å². The zero-order chi connectivity index (χ0) is 19.9. The summed E-state index contributed by atoms with van der Waals surface area (Å²) in [5.41, 5.74) is 0.341. The van der Waals surface area contributed by atoms with Crippen LogP contribution < -0.4 is 0 Å². The Kier molecular flexibility index (Phi) is 12.8. The van der Waals surface area contributed by atoms with Crippen molar-refractivity contribution in [1.29, 1.82) is 0 Å². The molecule has 1 rings (SSSR count). The number of hydrogen-bond donors (Lipinski definition) is 0. The monoisotopic (exact) mass is 396 g/mol. The van der Waals surface area contributed by atoms with E-state index in [-0.39, 0.29) is 5.91 Å². The van der Waals surface area contributed by atoms with Gasteiger partial charge in [-0.25, -0.2) is 9.78 Å². The average Bonchev–Trinajstić information content (AvgIpc) is 3.12. The lowest BCUT2D eigenvalue weighted by atomic mass is 10.1. The fourth-order valence-electron chi connectivity index (χ4n) is 2.90. The number of carbonyl (C=O) groups is 2. The van der Waals surface area contributed by atoms with Crippen LogP contribution in [-0.4, -0.2) is 34.9 Å². The summed E-state index contributed by atoms with van der Waals surface area (Å²) in [7, 11) is 0. The molecule has 1 aromatic heterocycles. The van der Waals surface area contributed by atoms with E-state index in [1.807, 2.05) is 4.90 Å². The largest absolute Gasteiger partial charge is 0.461 e. The lowest BCUT2D eigenvalue weighted by Gasteiger charge is -2.21. The summed E-state index contributed by atoms with van der Waals surface area (Å²) >= 11 is 1.42. The second kappa shape index (κ2) is 14.6. The summed E-state index contributed by atoms with van der Waals surface area (Å²) in [6.07, 6.45) is 10.9. The lowest BCUT2D eigenvalue weighted by Crippen LogP contribution is -2.31. The van der Waals surface area contributed by atoms with E-state index in [1.165, 1.54) is 37.0 Å². The first-order chi connectivity index (χ1) is 13.1. The minimum atomic E-state index is -0.393. The molecule has 0 saturated heterocycles. The van der Waals surface area contributed by atoms with Gasteiger partial charge >= 0.3 is 5.97 Å². The van der Waals surface area contributed by atoms with Crippen molar-refractivity contribution in [3.8, 4) is 0 Å². The van der Waals surface area contributed by atoms with Gasteiger partial charge in [-0.05, 0) is 19.8 Å². The van der Waals surface area contributed by atoms with Crippen molar-refractivity contribution >= 4 is 23.2 Å². The minimum Gasteiger partial charge on any atom is -0.461 e. The number of rotatable bonds is 15. The van der Waals surface area contributed by atoms with E-state index >= 15 is 0 Å². The van der Waals surface area contributed by atoms with Crippen LogP contribution in [0.1, 0.15) is 100 Å². The molecule has 0 aliphatic carbocycles. The number of thiazole rings is 1. The van der Waals surface area contributed by atoms with Crippen LogP contribution in [-0.2, 0) is 16.1 Å². The Bertz CT molecular complexity index is 545. The standard InChI is InChI=1S/C21H36N2O3S/c1-4-7-9-10-11-12-14-20(24)23(15-13-8-5-2)16-19-22-18(17-27-19)21(25)26-6-3/h17H,4-16H2,1-3H3. The number of esters is 1. The van der Waals surface area contributed by atoms with E-state index in [0.717, 1.165) is 43.7 Å². The summed E-state index contributed by atoms with van der Waals surface area (Å²) in [6, 6.07) is 0. The van der Waals surface area contributed by atoms with Crippen molar-refractivity contribution in [2.24, 2.45) is 0 Å². The summed E-state index contributed by atoms with van der Waals surface area (Å²) in [4.78, 5) is 30.7. The van der Waals surface area contributed by atoms with Crippen LogP contribution in [0.2, 0.25) is 0 Å². The number of ether oxygens (including phenoxy) is 1. The van der Waals surface area contributed by atoms with Gasteiger partial charge in [0, 0.05) is 18.3 Å². The third kappa shape index (κ3) is 9.89. The second-order valence-corrected chi connectivity index (χ2v) is 7.83. The van der Waals surface area contributed by atoms with Crippen molar-refractivity contribution in [3.63, 3.8) is 0 Å². The van der Waals surface area contributed by atoms with Crippen LogP contribution in [0.5, 0.6) is 0 Å². The first kappa shape index (κ1) is 23.6. The molecular formula is C21H36N2O3S. The van der Waals surface area contributed by atoms with E-state index in [2.05, 4.69) is 18.8 Å². The predicted molar refractivity (Wildman–Crippen MR) is 111 cm³/mol. The molecule has 0 aliphatic heterocycles. The molecular weight excluding hydrogens is 360 g/mol. The molecule has 0 aliphatic rings. The SMILES string of the molecule is CCCCCCCCC(=O)N(CCCCC)Cc1nc(C(=O)OCC)cs1. The van der Waals surface area contributed by atoms with Gasteiger partial charge in [-0.2, -0.15) is 0 Å². The second-order valence-electron chi connectivity index (χ2n) is 6.89. The summed E-state index contributed by atoms with van der Waals surface area (Å²) < 4.78 is 4.99. The van der Waals surface area contributed by atoms with Crippen molar-refractivity contribution < 1.29 is 14.3 Å². The number of amides is 1. The molecule has 1 heterocycles. The first-order valence-electron chi connectivity index (χ1n) is 10.5. The van der Waals surface area contributed by atoms with Crippen molar-refractivity contribution in [2.75, 3.05) is 13.2 Å². The van der Waals surface area contributed by atoms with Gasteiger partial charge in [0.2, 0.25) is 5.91 Å². The van der Waals surface area contributed by atoms with Crippen LogP contribution in [0, 0.1) is 0 Å². The summed E-state index contributed by atoms with van der Waals surface area (Å²) in [5, 5.41) is 2.52. The zero-order valence-corrected chi connectivity index (χ0v) is 18.1. The predicted octanol–water partition coefficient (Wildman–Crippen LogP) is 5.59. The van der Waals surface area contributed by atoms with Crippen LogP contribution in [0.25, 0.3) is 0 Å². The van der Waals surface area contributed by atoms with Crippen LogP contribution in [0.4, 0.5) is 0 Å². The molecule has 0 N–H and O–H groups in total. The molecule has 1 amide bonds. The van der Waals surface area contributed by atoms with Gasteiger partial charge in [0.15, 0.2) is 5.69 Å². The zero-order valence-electron chi connectivity index (χ0n) is 17.3. The number of aromatic nitrogens is 1. The Balaban J connectivity index is 2.54. The molecule has 0 spiro atoms. The maximum Gasteiger partial charge on any atom is 0.357 e. The minimum absolute atomic E-state index is 0.203. The molecule has 5 nitrogen and oxygen atoms in total. The molecule has 154 valence electrons. The number of carbonyl (C=O) groups excluding carboxylic acids is 2. The first-order valence-corrected chi connectivity index (χ1v) is 11.4. The average molecular weight is 397 g/mol. The van der Waals surface area contributed by atoms with Gasteiger partial charge < -0.3 is 9.64 Å². The van der Waals surface area contributed by atoms with Gasteiger partial charge in [0.1, 0.15) is 5.01 Å². The fourth-order valence-corrected chi connectivity index (χ4v) is 3.68. The van der Waals surface area contributed by atoms with E-state index in [9.17, 15) is 9.59 Å². The molecule has 0 aromatic carbocycles. The maximum absolute atomic E-state index is 12.7. The van der Waals surface area contributed by atoms with Crippen molar-refractivity contribution in [3.05, 3.63) is 16.1 Å². The lowest BCUT2D eigenvalue weighted by molar-refractivity contribution is -0.132. The number of hydrogen-bond acceptors (Lipinski definition) is 5. The van der Waals surface area contributed by atoms with Gasteiger partial charge in [0.25, 0.3) is 0 Å².